The molecule has 0 aliphatic carbocycles. The monoisotopic (exact) mass is 353 g/mol. The smallest absolute Gasteiger partial charge is 0.374 e. The third kappa shape index (κ3) is 3.64. The first kappa shape index (κ1) is 17.4. The highest BCUT2D eigenvalue weighted by Gasteiger charge is 2.31. The van der Waals surface area contributed by atoms with Crippen molar-refractivity contribution < 1.29 is 22.7 Å². The zero-order chi connectivity index (χ0) is 18.4. The fourth-order valence-electron chi connectivity index (χ4n) is 2.62. The number of benzene rings is 2. The molecule has 1 aromatic heterocycles. The van der Waals surface area contributed by atoms with Gasteiger partial charge in [-0.05, 0) is 36.8 Å². The molecule has 0 saturated heterocycles. The van der Waals surface area contributed by atoms with Crippen LogP contribution in [-0.2, 0) is 12.7 Å². The third-order valence-electron chi connectivity index (χ3n) is 3.72. The van der Waals surface area contributed by atoms with E-state index in [1.807, 2.05) is 0 Å². The van der Waals surface area contributed by atoms with Gasteiger partial charge in [-0.2, -0.15) is 13.2 Å². The first-order valence-corrected chi connectivity index (χ1v) is 7.38. The average Bonchev–Trinajstić information content (AvgIpc) is 2.86. The maximum absolute atomic E-state index is 14.2. The van der Waals surface area contributed by atoms with Crippen LogP contribution in [0.4, 0.5) is 17.6 Å². The van der Waals surface area contributed by atoms with Gasteiger partial charge in [0.15, 0.2) is 0 Å². The zero-order valence-corrected chi connectivity index (χ0v) is 13.2. The van der Waals surface area contributed by atoms with Crippen LogP contribution in [-0.4, -0.2) is 20.4 Å². The summed E-state index contributed by atoms with van der Waals surface area (Å²) < 4.78 is 53.8. The van der Waals surface area contributed by atoms with E-state index in [0.29, 0.717) is 22.7 Å². The summed E-state index contributed by atoms with van der Waals surface area (Å²) in [6.07, 6.45) is -3.12. The Morgan fingerprint density at radius 2 is 1.88 bits per heavy atom. The Bertz CT molecular complexity index is 926. The lowest BCUT2D eigenvalue weighted by molar-refractivity contribution is -0.137. The lowest BCUT2D eigenvalue weighted by Crippen LogP contribution is -2.40. The summed E-state index contributed by atoms with van der Waals surface area (Å²) in [6.45, 7) is 1.49. The molecule has 0 radical (unpaired) electrons. The van der Waals surface area contributed by atoms with E-state index in [1.54, 1.807) is 22.8 Å². The lowest BCUT2D eigenvalue weighted by atomic mass is 10.0. The Kier molecular flexibility index (Phi) is 4.04. The molecule has 0 bridgehead atoms. The standard InChI is InChI=1S/C17H15F4N3O/c1-16(22,25)8-24-9-23-14-5-2-10(6-15(14)24)12-4-3-11(7-13(12)18)17(19,20)21/h2-7,9,25H,8,22H2,1H3. The molecule has 2 aromatic carbocycles. The Balaban J connectivity index is 2.06. The van der Waals surface area contributed by atoms with Crippen LogP contribution in [0, 0.1) is 5.82 Å². The highest BCUT2D eigenvalue weighted by molar-refractivity contribution is 5.82. The second-order valence-electron chi connectivity index (χ2n) is 6.13. The molecule has 132 valence electrons. The summed E-state index contributed by atoms with van der Waals surface area (Å²) in [7, 11) is 0. The second kappa shape index (κ2) is 5.82. The lowest BCUT2D eigenvalue weighted by Gasteiger charge is -2.18. The molecule has 0 amide bonds. The minimum absolute atomic E-state index is 0.0437. The van der Waals surface area contributed by atoms with Crippen molar-refractivity contribution in [2.75, 3.05) is 0 Å². The van der Waals surface area contributed by atoms with Gasteiger partial charge in [0, 0.05) is 5.56 Å². The van der Waals surface area contributed by atoms with Crippen LogP contribution < -0.4 is 5.73 Å². The first-order valence-electron chi connectivity index (χ1n) is 7.38. The van der Waals surface area contributed by atoms with Crippen molar-refractivity contribution >= 4 is 11.0 Å². The van der Waals surface area contributed by atoms with Crippen molar-refractivity contribution in [3.63, 3.8) is 0 Å². The van der Waals surface area contributed by atoms with E-state index in [0.717, 1.165) is 12.1 Å². The molecule has 8 heteroatoms. The largest absolute Gasteiger partial charge is 0.416 e. The summed E-state index contributed by atoms with van der Waals surface area (Å²) in [4.78, 5) is 4.16. The molecular formula is C17H15F4N3O. The number of fused-ring (bicyclic) bond motifs is 1. The van der Waals surface area contributed by atoms with Gasteiger partial charge in [0.1, 0.15) is 11.5 Å². The zero-order valence-electron chi connectivity index (χ0n) is 13.2. The maximum Gasteiger partial charge on any atom is 0.416 e. The van der Waals surface area contributed by atoms with Gasteiger partial charge in [0.25, 0.3) is 0 Å². The average molecular weight is 353 g/mol. The predicted molar refractivity (Wildman–Crippen MR) is 84.9 cm³/mol. The van der Waals surface area contributed by atoms with E-state index < -0.39 is 23.3 Å². The molecule has 3 N–H and O–H groups in total. The van der Waals surface area contributed by atoms with Crippen molar-refractivity contribution in [2.24, 2.45) is 5.73 Å². The summed E-state index contributed by atoms with van der Waals surface area (Å²) in [5.41, 5.74) is 4.70. The highest BCUT2D eigenvalue weighted by Crippen LogP contribution is 2.33. The van der Waals surface area contributed by atoms with Crippen LogP contribution in [0.15, 0.2) is 42.7 Å². The van der Waals surface area contributed by atoms with Crippen LogP contribution >= 0.6 is 0 Å². The predicted octanol–water partition coefficient (Wildman–Crippen LogP) is 3.53. The molecule has 1 unspecified atom stereocenters. The Morgan fingerprint density at radius 3 is 2.48 bits per heavy atom. The van der Waals surface area contributed by atoms with E-state index in [9.17, 15) is 22.7 Å². The van der Waals surface area contributed by atoms with Gasteiger partial charge >= 0.3 is 6.18 Å². The second-order valence-corrected chi connectivity index (χ2v) is 6.13. The number of alkyl halides is 3. The molecular weight excluding hydrogens is 338 g/mol. The van der Waals surface area contributed by atoms with Crippen molar-refractivity contribution in [1.29, 1.82) is 0 Å². The fraction of sp³-hybridized carbons (Fsp3) is 0.235. The van der Waals surface area contributed by atoms with Crippen LogP contribution in [0.1, 0.15) is 12.5 Å². The van der Waals surface area contributed by atoms with Gasteiger partial charge in [-0.3, -0.25) is 0 Å². The number of aliphatic hydroxyl groups is 1. The summed E-state index contributed by atoms with van der Waals surface area (Å²) in [5, 5.41) is 9.75. The summed E-state index contributed by atoms with van der Waals surface area (Å²) >= 11 is 0. The van der Waals surface area contributed by atoms with Crippen LogP contribution in [0.25, 0.3) is 22.2 Å². The molecule has 3 aromatic rings. The number of nitrogens with two attached hydrogens (primary N) is 1. The Labute approximate surface area is 140 Å². The number of nitrogens with zero attached hydrogens (tertiary/aromatic N) is 2. The molecule has 0 aliphatic heterocycles. The molecule has 3 rings (SSSR count). The Hall–Kier alpha value is -2.45. The highest BCUT2D eigenvalue weighted by atomic mass is 19.4. The van der Waals surface area contributed by atoms with Crippen LogP contribution in [0.2, 0.25) is 0 Å². The van der Waals surface area contributed by atoms with Crippen molar-refractivity contribution in [2.45, 2.75) is 25.4 Å². The molecule has 0 spiro atoms. The van der Waals surface area contributed by atoms with Gasteiger partial charge in [0.2, 0.25) is 0 Å². The first-order chi connectivity index (χ1) is 11.5. The van der Waals surface area contributed by atoms with E-state index in [-0.39, 0.29) is 12.1 Å². The minimum Gasteiger partial charge on any atom is -0.374 e. The van der Waals surface area contributed by atoms with E-state index in [2.05, 4.69) is 4.98 Å². The number of aromatic nitrogens is 2. The van der Waals surface area contributed by atoms with Crippen molar-refractivity contribution in [1.82, 2.24) is 9.55 Å². The number of imidazole rings is 1. The third-order valence-corrected chi connectivity index (χ3v) is 3.72. The van der Waals surface area contributed by atoms with Gasteiger partial charge < -0.3 is 15.4 Å². The van der Waals surface area contributed by atoms with E-state index in [1.165, 1.54) is 13.3 Å². The topological polar surface area (TPSA) is 64.1 Å². The number of hydrogen-bond acceptors (Lipinski definition) is 3. The van der Waals surface area contributed by atoms with Gasteiger partial charge in [-0.15, -0.1) is 0 Å². The molecule has 4 nitrogen and oxygen atoms in total. The minimum atomic E-state index is -4.60. The normalized spacial score (nSPS) is 14.7. The van der Waals surface area contributed by atoms with Crippen molar-refractivity contribution in [3.8, 4) is 11.1 Å². The summed E-state index contributed by atoms with van der Waals surface area (Å²) in [6, 6.07) is 7.21. The number of rotatable bonds is 3. The molecule has 0 saturated carbocycles. The molecule has 0 aliphatic rings. The maximum atomic E-state index is 14.2. The van der Waals surface area contributed by atoms with Crippen LogP contribution in [0.5, 0.6) is 0 Å². The fourth-order valence-corrected chi connectivity index (χ4v) is 2.62. The molecule has 1 atom stereocenters. The van der Waals surface area contributed by atoms with Gasteiger partial charge in [0.05, 0.1) is 29.5 Å². The quantitative estimate of drug-likeness (QED) is 0.559. The number of halogens is 4. The van der Waals surface area contributed by atoms with E-state index in [4.69, 9.17) is 5.73 Å². The Morgan fingerprint density at radius 1 is 1.16 bits per heavy atom. The van der Waals surface area contributed by atoms with Crippen LogP contribution in [0.3, 0.4) is 0 Å². The van der Waals surface area contributed by atoms with Gasteiger partial charge in [-0.25, -0.2) is 9.37 Å². The van der Waals surface area contributed by atoms with E-state index >= 15 is 0 Å². The van der Waals surface area contributed by atoms with Crippen molar-refractivity contribution in [3.05, 3.63) is 54.1 Å². The molecule has 25 heavy (non-hydrogen) atoms. The van der Waals surface area contributed by atoms with Gasteiger partial charge in [-0.1, -0.05) is 12.1 Å². The molecule has 1 heterocycles. The number of hydrogen-bond donors (Lipinski definition) is 2. The summed E-state index contributed by atoms with van der Waals surface area (Å²) in [5.74, 6) is -0.967. The SMILES string of the molecule is CC(N)(O)Cn1cnc2ccc(-c3ccc(C(F)(F)F)cc3F)cc21. The molecule has 0 fully saturated rings.